The van der Waals surface area contributed by atoms with Gasteiger partial charge in [0.2, 0.25) is 0 Å². The zero-order valence-corrected chi connectivity index (χ0v) is 14.2. The number of halogens is 1. The van der Waals surface area contributed by atoms with Crippen LogP contribution in [0.5, 0.6) is 5.75 Å². The Hall–Kier alpha value is -2.24. The molecule has 0 aliphatic heterocycles. The molecule has 0 heterocycles. The summed E-state index contributed by atoms with van der Waals surface area (Å²) in [6.45, 7) is 2.73. The number of rotatable bonds is 7. The van der Waals surface area contributed by atoms with E-state index in [2.05, 4.69) is 10.6 Å². The molecule has 2 amide bonds. The number of anilines is 1. The first-order valence-electron chi connectivity index (χ1n) is 7.80. The molecule has 0 aliphatic carbocycles. The summed E-state index contributed by atoms with van der Waals surface area (Å²) in [4.78, 5) is 12.0. The highest BCUT2D eigenvalue weighted by Gasteiger charge is 2.10. The molecule has 0 spiro atoms. The van der Waals surface area contributed by atoms with Crippen LogP contribution in [-0.2, 0) is 0 Å². The van der Waals surface area contributed by atoms with Gasteiger partial charge in [0.25, 0.3) is 0 Å². The zero-order chi connectivity index (χ0) is 17.4. The molecule has 0 aromatic heterocycles. The third-order valence-corrected chi connectivity index (χ3v) is 3.61. The Bertz CT molecular complexity index is 679. The summed E-state index contributed by atoms with van der Waals surface area (Å²) in [5, 5.41) is 16.1. The normalized spacial score (nSPS) is 11.6. The highest BCUT2D eigenvalue weighted by Crippen LogP contribution is 2.23. The Morgan fingerprint density at radius 3 is 2.79 bits per heavy atom. The number of ether oxygens (including phenoxy) is 1. The van der Waals surface area contributed by atoms with Crippen LogP contribution in [0.15, 0.2) is 48.5 Å². The number of aliphatic hydroxyl groups is 1. The Balaban J connectivity index is 1.81. The van der Waals surface area contributed by atoms with E-state index in [4.69, 9.17) is 16.3 Å². The quantitative estimate of drug-likeness (QED) is 0.708. The minimum atomic E-state index is -0.681. The van der Waals surface area contributed by atoms with Crippen LogP contribution in [0.2, 0.25) is 5.02 Å². The summed E-state index contributed by atoms with van der Waals surface area (Å²) >= 11 is 5.90. The zero-order valence-electron chi connectivity index (χ0n) is 13.5. The lowest BCUT2D eigenvalue weighted by atomic mass is 10.1. The van der Waals surface area contributed by atoms with E-state index in [1.165, 1.54) is 0 Å². The Morgan fingerprint density at radius 2 is 2.04 bits per heavy atom. The highest BCUT2D eigenvalue weighted by molar-refractivity contribution is 6.30. The molecule has 0 aliphatic rings. The number of carbonyl (C=O) groups is 1. The number of aliphatic hydroxyl groups excluding tert-OH is 1. The Kier molecular flexibility index (Phi) is 6.90. The maximum atomic E-state index is 12.0. The maximum Gasteiger partial charge on any atom is 0.319 e. The van der Waals surface area contributed by atoms with E-state index in [-0.39, 0.29) is 6.03 Å². The van der Waals surface area contributed by atoms with E-state index in [0.717, 1.165) is 5.56 Å². The van der Waals surface area contributed by atoms with Crippen LogP contribution in [0.25, 0.3) is 0 Å². The molecule has 5 nitrogen and oxygen atoms in total. The largest absolute Gasteiger partial charge is 0.492 e. The number of nitrogens with one attached hydrogen (secondary N) is 2. The van der Waals surface area contributed by atoms with E-state index in [1.807, 2.05) is 19.1 Å². The van der Waals surface area contributed by atoms with Crippen molar-refractivity contribution in [3.8, 4) is 5.75 Å². The number of para-hydroxylation sites is 2. The van der Waals surface area contributed by atoms with E-state index in [0.29, 0.717) is 36.0 Å². The second-order valence-corrected chi connectivity index (χ2v) is 5.61. The third kappa shape index (κ3) is 5.44. The molecule has 1 atom stereocenters. The summed E-state index contributed by atoms with van der Waals surface area (Å²) in [6.07, 6.45) is -0.291. The van der Waals surface area contributed by atoms with Crippen molar-refractivity contribution in [3.63, 3.8) is 0 Å². The fraction of sp³-hybridized carbons (Fsp3) is 0.278. The lowest BCUT2D eigenvalue weighted by Crippen LogP contribution is -2.30. The molecule has 2 aromatic carbocycles. The van der Waals surface area contributed by atoms with Crippen molar-refractivity contribution in [1.29, 1.82) is 0 Å². The van der Waals surface area contributed by atoms with Gasteiger partial charge in [-0.25, -0.2) is 4.79 Å². The van der Waals surface area contributed by atoms with Gasteiger partial charge in [0.15, 0.2) is 0 Å². The van der Waals surface area contributed by atoms with E-state index < -0.39 is 6.10 Å². The van der Waals surface area contributed by atoms with Crippen molar-refractivity contribution in [2.24, 2.45) is 0 Å². The first-order valence-corrected chi connectivity index (χ1v) is 8.18. The molecule has 2 aromatic rings. The second-order valence-electron chi connectivity index (χ2n) is 5.17. The molecule has 3 N–H and O–H groups in total. The highest BCUT2D eigenvalue weighted by atomic mass is 35.5. The third-order valence-electron chi connectivity index (χ3n) is 3.37. The standard InChI is InChI=1S/C18H21ClN2O3/c1-2-24-17-9-4-3-8-15(17)21-18(23)20-11-10-16(22)13-6-5-7-14(19)12-13/h3-9,12,16,22H,2,10-11H2,1H3,(H2,20,21,23)/t16-/m1/s1. The van der Waals surface area contributed by atoms with Crippen molar-refractivity contribution in [2.45, 2.75) is 19.4 Å². The van der Waals surface area contributed by atoms with Gasteiger partial charge in [0.1, 0.15) is 5.75 Å². The van der Waals surface area contributed by atoms with E-state index in [9.17, 15) is 9.90 Å². The van der Waals surface area contributed by atoms with Crippen LogP contribution in [0, 0.1) is 0 Å². The van der Waals surface area contributed by atoms with Crippen LogP contribution in [0.1, 0.15) is 25.0 Å². The Labute approximate surface area is 146 Å². The van der Waals surface area contributed by atoms with Gasteiger partial charge in [0.05, 0.1) is 18.4 Å². The molecular weight excluding hydrogens is 328 g/mol. The summed E-state index contributed by atoms with van der Waals surface area (Å²) in [5.74, 6) is 0.620. The lowest BCUT2D eigenvalue weighted by molar-refractivity contribution is 0.167. The van der Waals surface area contributed by atoms with Crippen LogP contribution >= 0.6 is 11.6 Å². The van der Waals surface area contributed by atoms with Gasteiger partial charge in [-0.15, -0.1) is 0 Å². The van der Waals surface area contributed by atoms with Crippen LogP contribution in [0.4, 0.5) is 10.5 Å². The van der Waals surface area contributed by atoms with Crippen molar-refractivity contribution >= 4 is 23.3 Å². The molecule has 0 saturated heterocycles. The molecule has 0 fully saturated rings. The first-order chi connectivity index (χ1) is 11.6. The molecule has 6 heteroatoms. The van der Waals surface area contributed by atoms with Crippen molar-refractivity contribution in [1.82, 2.24) is 5.32 Å². The number of hydrogen-bond acceptors (Lipinski definition) is 3. The molecule has 0 unspecified atom stereocenters. The molecule has 0 radical (unpaired) electrons. The number of amides is 2. The van der Waals surface area contributed by atoms with Crippen molar-refractivity contribution < 1.29 is 14.6 Å². The van der Waals surface area contributed by atoms with Gasteiger partial charge in [-0.1, -0.05) is 35.9 Å². The fourth-order valence-corrected chi connectivity index (χ4v) is 2.42. The molecular formula is C18H21ClN2O3. The average molecular weight is 349 g/mol. The van der Waals surface area contributed by atoms with Crippen molar-refractivity contribution in [2.75, 3.05) is 18.5 Å². The topological polar surface area (TPSA) is 70.6 Å². The summed E-state index contributed by atoms with van der Waals surface area (Å²) in [7, 11) is 0. The molecule has 0 bridgehead atoms. The van der Waals surface area contributed by atoms with Gasteiger partial charge in [-0.05, 0) is 43.2 Å². The molecule has 128 valence electrons. The number of urea groups is 1. The number of benzene rings is 2. The van der Waals surface area contributed by atoms with Crippen LogP contribution in [0.3, 0.4) is 0 Å². The van der Waals surface area contributed by atoms with Crippen LogP contribution in [-0.4, -0.2) is 24.3 Å². The van der Waals surface area contributed by atoms with Gasteiger partial charge in [-0.3, -0.25) is 0 Å². The predicted octanol–water partition coefficient (Wildman–Crippen LogP) is 3.98. The van der Waals surface area contributed by atoms with Crippen LogP contribution < -0.4 is 15.4 Å². The monoisotopic (exact) mass is 348 g/mol. The fourth-order valence-electron chi connectivity index (χ4n) is 2.22. The molecule has 24 heavy (non-hydrogen) atoms. The van der Waals surface area contributed by atoms with Gasteiger partial charge >= 0.3 is 6.03 Å². The Morgan fingerprint density at radius 1 is 1.25 bits per heavy atom. The van der Waals surface area contributed by atoms with Gasteiger partial charge in [0, 0.05) is 11.6 Å². The maximum absolute atomic E-state index is 12.0. The van der Waals surface area contributed by atoms with Gasteiger partial charge < -0.3 is 20.5 Å². The minimum absolute atomic E-state index is 0.330. The minimum Gasteiger partial charge on any atom is -0.492 e. The lowest BCUT2D eigenvalue weighted by Gasteiger charge is -2.14. The number of hydrogen-bond donors (Lipinski definition) is 3. The summed E-state index contributed by atoms with van der Waals surface area (Å²) in [6, 6.07) is 13.9. The molecule has 2 rings (SSSR count). The average Bonchev–Trinajstić information content (AvgIpc) is 2.57. The van der Waals surface area contributed by atoms with E-state index >= 15 is 0 Å². The van der Waals surface area contributed by atoms with E-state index in [1.54, 1.807) is 36.4 Å². The molecule has 0 saturated carbocycles. The smallest absolute Gasteiger partial charge is 0.319 e. The summed E-state index contributed by atoms with van der Waals surface area (Å²) < 4.78 is 5.45. The first kappa shape index (κ1) is 18.1. The second kappa shape index (κ2) is 9.15. The summed E-state index contributed by atoms with van der Waals surface area (Å²) in [5.41, 5.74) is 1.33. The predicted molar refractivity (Wildman–Crippen MR) is 95.7 cm³/mol. The van der Waals surface area contributed by atoms with Crippen molar-refractivity contribution in [3.05, 3.63) is 59.1 Å². The SMILES string of the molecule is CCOc1ccccc1NC(=O)NCC[C@@H](O)c1cccc(Cl)c1. The number of carbonyl (C=O) groups excluding carboxylic acids is 1. The van der Waals surface area contributed by atoms with Gasteiger partial charge in [-0.2, -0.15) is 0 Å².